The van der Waals surface area contributed by atoms with Crippen molar-refractivity contribution in [2.45, 2.75) is 0 Å². The van der Waals surface area contributed by atoms with Gasteiger partial charge in [-0.3, -0.25) is 4.99 Å². The van der Waals surface area contributed by atoms with E-state index >= 15 is 0 Å². The second-order valence-corrected chi connectivity index (χ2v) is 4.69. The SMILES string of the molecule is Cn1c(N)nc(O)c1C=C1C=Nc2cc(Cl)ccc21. The van der Waals surface area contributed by atoms with Crippen LogP contribution in [0.5, 0.6) is 5.88 Å². The Hall–Kier alpha value is -2.27. The van der Waals surface area contributed by atoms with Crippen LogP contribution < -0.4 is 5.73 Å². The first-order valence-corrected chi connectivity index (χ1v) is 6.01. The largest absolute Gasteiger partial charge is 0.492 e. The van der Waals surface area contributed by atoms with Gasteiger partial charge in [0, 0.05) is 29.4 Å². The van der Waals surface area contributed by atoms with E-state index in [1.165, 1.54) is 0 Å². The third kappa shape index (κ3) is 1.88. The molecule has 0 amide bonds. The molecular weight excluding hydrogens is 264 g/mol. The van der Waals surface area contributed by atoms with E-state index in [9.17, 15) is 5.11 Å². The lowest BCUT2D eigenvalue weighted by molar-refractivity contribution is 0.455. The van der Waals surface area contributed by atoms with Gasteiger partial charge in [0.15, 0.2) is 0 Å². The molecule has 0 aliphatic carbocycles. The fraction of sp³-hybridized carbons (Fsp3) is 0.0769. The summed E-state index contributed by atoms with van der Waals surface area (Å²) < 4.78 is 1.62. The van der Waals surface area contributed by atoms with E-state index in [4.69, 9.17) is 17.3 Å². The summed E-state index contributed by atoms with van der Waals surface area (Å²) in [4.78, 5) is 8.09. The second kappa shape index (κ2) is 4.13. The molecule has 0 spiro atoms. The topological polar surface area (TPSA) is 76.4 Å². The zero-order chi connectivity index (χ0) is 13.6. The van der Waals surface area contributed by atoms with Crippen LogP contribution in [-0.4, -0.2) is 20.9 Å². The van der Waals surface area contributed by atoms with E-state index in [2.05, 4.69) is 9.98 Å². The number of aliphatic imine (C=N–C) groups is 1. The standard InChI is InChI=1S/C13H11ClN4O/c1-18-11(12(19)17-13(18)15)4-7-6-16-10-5-8(14)2-3-9(7)10/h2-6,19H,1H3,(H2,15,17). The van der Waals surface area contributed by atoms with Crippen LogP contribution in [0.1, 0.15) is 11.3 Å². The number of anilines is 1. The Morgan fingerprint density at radius 1 is 1.42 bits per heavy atom. The Kier molecular flexibility index (Phi) is 2.57. The number of aromatic hydroxyl groups is 1. The molecule has 2 aromatic rings. The van der Waals surface area contributed by atoms with E-state index in [1.807, 2.05) is 6.07 Å². The van der Waals surface area contributed by atoms with Gasteiger partial charge in [0.25, 0.3) is 0 Å². The van der Waals surface area contributed by atoms with Crippen molar-refractivity contribution in [3.63, 3.8) is 0 Å². The predicted molar refractivity (Wildman–Crippen MR) is 76.8 cm³/mol. The van der Waals surface area contributed by atoms with Gasteiger partial charge in [0.2, 0.25) is 11.8 Å². The first-order chi connectivity index (χ1) is 9.06. The number of allylic oxidation sites excluding steroid dienone is 1. The van der Waals surface area contributed by atoms with E-state index in [0.29, 0.717) is 10.7 Å². The molecule has 5 nitrogen and oxygen atoms in total. The van der Waals surface area contributed by atoms with Crippen LogP contribution in [0, 0.1) is 0 Å². The minimum absolute atomic E-state index is 0.0942. The first kappa shape index (κ1) is 11.8. The highest BCUT2D eigenvalue weighted by Crippen LogP contribution is 2.35. The molecule has 19 heavy (non-hydrogen) atoms. The Morgan fingerprint density at radius 2 is 2.21 bits per heavy atom. The number of hydrogen-bond acceptors (Lipinski definition) is 4. The van der Waals surface area contributed by atoms with Crippen LogP contribution in [0.2, 0.25) is 5.02 Å². The van der Waals surface area contributed by atoms with Gasteiger partial charge in [0.1, 0.15) is 5.69 Å². The number of rotatable bonds is 1. The maximum Gasteiger partial charge on any atom is 0.238 e. The molecule has 0 bridgehead atoms. The summed E-state index contributed by atoms with van der Waals surface area (Å²) in [5.74, 6) is 0.166. The number of benzene rings is 1. The summed E-state index contributed by atoms with van der Waals surface area (Å²) in [5, 5.41) is 10.4. The first-order valence-electron chi connectivity index (χ1n) is 5.63. The number of fused-ring (bicyclic) bond motifs is 1. The Labute approximate surface area is 114 Å². The normalized spacial score (nSPS) is 15.2. The highest BCUT2D eigenvalue weighted by molar-refractivity contribution is 6.31. The second-order valence-electron chi connectivity index (χ2n) is 4.26. The number of nitrogen functional groups attached to an aromatic ring is 1. The minimum atomic E-state index is -0.0942. The molecule has 3 N–H and O–H groups in total. The highest BCUT2D eigenvalue weighted by atomic mass is 35.5. The molecule has 2 heterocycles. The number of imidazole rings is 1. The third-order valence-electron chi connectivity index (χ3n) is 3.06. The van der Waals surface area contributed by atoms with Gasteiger partial charge in [-0.2, -0.15) is 4.98 Å². The van der Waals surface area contributed by atoms with Crippen LogP contribution in [0.15, 0.2) is 23.2 Å². The summed E-state index contributed by atoms with van der Waals surface area (Å²) in [6, 6.07) is 5.50. The fourth-order valence-electron chi connectivity index (χ4n) is 2.00. The van der Waals surface area contributed by atoms with Gasteiger partial charge < -0.3 is 15.4 Å². The van der Waals surface area contributed by atoms with Crippen molar-refractivity contribution < 1.29 is 5.11 Å². The van der Waals surface area contributed by atoms with Crippen LogP contribution in [0.25, 0.3) is 11.6 Å². The lowest BCUT2D eigenvalue weighted by Gasteiger charge is -2.02. The van der Waals surface area contributed by atoms with Gasteiger partial charge in [0.05, 0.1) is 5.69 Å². The van der Waals surface area contributed by atoms with Crippen LogP contribution in [-0.2, 0) is 7.05 Å². The van der Waals surface area contributed by atoms with Gasteiger partial charge >= 0.3 is 0 Å². The molecular formula is C13H11ClN4O. The maximum atomic E-state index is 9.74. The average Bonchev–Trinajstić information content (AvgIpc) is 2.86. The minimum Gasteiger partial charge on any atom is -0.492 e. The molecule has 96 valence electrons. The van der Waals surface area contributed by atoms with E-state index in [0.717, 1.165) is 16.8 Å². The molecule has 0 atom stereocenters. The quantitative estimate of drug-likeness (QED) is 0.839. The molecule has 1 aromatic carbocycles. The molecule has 0 fully saturated rings. The van der Waals surface area contributed by atoms with Gasteiger partial charge in [-0.25, -0.2) is 0 Å². The molecule has 1 aromatic heterocycles. The average molecular weight is 275 g/mol. The number of nitrogens with zero attached hydrogens (tertiary/aromatic N) is 3. The summed E-state index contributed by atoms with van der Waals surface area (Å²) in [6.45, 7) is 0. The number of hydrogen-bond donors (Lipinski definition) is 2. The van der Waals surface area contributed by atoms with Crippen molar-refractivity contribution in [2.24, 2.45) is 12.0 Å². The fourth-order valence-corrected chi connectivity index (χ4v) is 2.17. The summed E-state index contributed by atoms with van der Waals surface area (Å²) in [5.41, 5.74) is 8.84. The molecule has 0 radical (unpaired) electrons. The molecule has 0 unspecified atom stereocenters. The molecule has 1 aliphatic heterocycles. The van der Waals surface area contributed by atoms with E-state index < -0.39 is 0 Å². The van der Waals surface area contributed by atoms with Gasteiger partial charge in [-0.1, -0.05) is 17.7 Å². The monoisotopic (exact) mass is 274 g/mol. The zero-order valence-electron chi connectivity index (χ0n) is 10.1. The number of aromatic nitrogens is 2. The number of nitrogens with two attached hydrogens (primary N) is 1. The van der Waals surface area contributed by atoms with Crippen molar-refractivity contribution >= 4 is 41.1 Å². The van der Waals surface area contributed by atoms with E-state index in [1.54, 1.807) is 36.0 Å². The zero-order valence-corrected chi connectivity index (χ0v) is 10.9. The van der Waals surface area contributed by atoms with Crippen molar-refractivity contribution in [3.05, 3.63) is 34.5 Å². The Morgan fingerprint density at radius 3 is 2.89 bits per heavy atom. The maximum absolute atomic E-state index is 9.74. The highest BCUT2D eigenvalue weighted by Gasteiger charge is 2.15. The summed E-state index contributed by atoms with van der Waals surface area (Å²) in [6.07, 6.45) is 3.52. The van der Waals surface area contributed by atoms with Crippen LogP contribution >= 0.6 is 11.6 Å². The van der Waals surface area contributed by atoms with Crippen molar-refractivity contribution in [1.82, 2.24) is 9.55 Å². The molecule has 3 rings (SSSR count). The van der Waals surface area contributed by atoms with Gasteiger partial charge in [-0.05, 0) is 18.2 Å². The van der Waals surface area contributed by atoms with Crippen LogP contribution in [0.4, 0.5) is 11.6 Å². The van der Waals surface area contributed by atoms with Gasteiger partial charge in [-0.15, -0.1) is 0 Å². The summed E-state index contributed by atoms with van der Waals surface area (Å²) >= 11 is 5.92. The molecule has 6 heteroatoms. The summed E-state index contributed by atoms with van der Waals surface area (Å²) in [7, 11) is 1.74. The van der Waals surface area contributed by atoms with Crippen LogP contribution in [0.3, 0.4) is 0 Å². The lowest BCUT2D eigenvalue weighted by Crippen LogP contribution is -1.98. The predicted octanol–water partition coefficient (Wildman–Crippen LogP) is 2.62. The number of halogens is 1. The van der Waals surface area contributed by atoms with Crippen molar-refractivity contribution in [2.75, 3.05) is 5.73 Å². The van der Waals surface area contributed by atoms with Crippen molar-refractivity contribution in [1.29, 1.82) is 0 Å². The molecule has 0 saturated heterocycles. The smallest absolute Gasteiger partial charge is 0.238 e. The molecule has 0 saturated carbocycles. The molecule has 1 aliphatic rings. The van der Waals surface area contributed by atoms with Crippen molar-refractivity contribution in [3.8, 4) is 5.88 Å². The van der Waals surface area contributed by atoms with E-state index in [-0.39, 0.29) is 11.8 Å². The lowest BCUT2D eigenvalue weighted by atomic mass is 10.1. The third-order valence-corrected chi connectivity index (χ3v) is 3.30. The Bertz CT molecular complexity index is 730. The Balaban J connectivity index is 2.11.